The molecule has 0 aliphatic carbocycles. The lowest BCUT2D eigenvalue weighted by molar-refractivity contribution is 0.202. The summed E-state index contributed by atoms with van der Waals surface area (Å²) >= 11 is 5.90. The fourth-order valence-electron chi connectivity index (χ4n) is 1.94. The number of hydrogen-bond donors (Lipinski definition) is 1. The molecule has 96 valence electrons. The van der Waals surface area contributed by atoms with Crippen LogP contribution in [0.4, 0.5) is 4.79 Å². The first-order chi connectivity index (χ1) is 8.75. The van der Waals surface area contributed by atoms with Crippen molar-refractivity contribution in [3.63, 3.8) is 0 Å². The van der Waals surface area contributed by atoms with Gasteiger partial charge in [-0.2, -0.15) is 0 Å². The second-order valence-electron chi connectivity index (χ2n) is 4.32. The molecule has 1 aliphatic rings. The van der Waals surface area contributed by atoms with Crippen LogP contribution in [0.1, 0.15) is 12.0 Å². The van der Waals surface area contributed by atoms with Crippen molar-refractivity contribution < 1.29 is 4.79 Å². The predicted octanol–water partition coefficient (Wildman–Crippen LogP) is 2.85. The highest BCUT2D eigenvalue weighted by Crippen LogP contribution is 2.10. The molecule has 1 aliphatic heterocycles. The van der Waals surface area contributed by atoms with Crippen LogP contribution in [0.3, 0.4) is 0 Å². The molecule has 2 amide bonds. The highest BCUT2D eigenvalue weighted by molar-refractivity contribution is 6.30. The Bertz CT molecular complexity index is 445. The topological polar surface area (TPSA) is 32.3 Å². The highest BCUT2D eigenvalue weighted by atomic mass is 35.5. The molecule has 3 nitrogen and oxygen atoms in total. The fourth-order valence-corrected chi connectivity index (χ4v) is 2.16. The van der Waals surface area contributed by atoms with E-state index >= 15 is 0 Å². The van der Waals surface area contributed by atoms with Crippen LogP contribution < -0.4 is 5.32 Å². The van der Waals surface area contributed by atoms with E-state index in [1.165, 1.54) is 0 Å². The van der Waals surface area contributed by atoms with Gasteiger partial charge in [0.2, 0.25) is 0 Å². The summed E-state index contributed by atoms with van der Waals surface area (Å²) in [4.78, 5) is 13.6. The van der Waals surface area contributed by atoms with Gasteiger partial charge in [-0.05, 0) is 30.5 Å². The summed E-state index contributed by atoms with van der Waals surface area (Å²) < 4.78 is 0. The summed E-state index contributed by atoms with van der Waals surface area (Å²) in [7, 11) is 0. The maximum atomic E-state index is 11.8. The Kier molecular flexibility index (Phi) is 4.65. The summed E-state index contributed by atoms with van der Waals surface area (Å²) in [6, 6.07) is 7.74. The van der Waals surface area contributed by atoms with E-state index in [1.54, 1.807) is 0 Å². The summed E-state index contributed by atoms with van der Waals surface area (Å²) in [5.74, 6) is 0. The van der Waals surface area contributed by atoms with E-state index in [-0.39, 0.29) is 6.03 Å². The van der Waals surface area contributed by atoms with Crippen molar-refractivity contribution in [2.75, 3.05) is 19.6 Å². The molecule has 0 saturated heterocycles. The van der Waals surface area contributed by atoms with Gasteiger partial charge in [-0.3, -0.25) is 0 Å². The predicted molar refractivity (Wildman–Crippen MR) is 73.9 cm³/mol. The van der Waals surface area contributed by atoms with Gasteiger partial charge in [-0.15, -0.1) is 0 Å². The number of halogens is 1. The zero-order chi connectivity index (χ0) is 12.8. The number of carbonyl (C=O) groups excluding carboxylic acids is 1. The van der Waals surface area contributed by atoms with Gasteiger partial charge >= 0.3 is 6.03 Å². The van der Waals surface area contributed by atoms with Crippen molar-refractivity contribution in [3.8, 4) is 0 Å². The Morgan fingerprint density at radius 2 is 2.28 bits per heavy atom. The van der Waals surface area contributed by atoms with Crippen LogP contribution in [0.2, 0.25) is 5.02 Å². The molecule has 2 rings (SSSR count). The van der Waals surface area contributed by atoms with E-state index in [9.17, 15) is 4.79 Å². The SMILES string of the molecule is O=C(NCCc1cccc(Cl)c1)N1CC=CCC1. The van der Waals surface area contributed by atoms with Crippen LogP contribution in [0.25, 0.3) is 0 Å². The summed E-state index contributed by atoms with van der Waals surface area (Å²) in [5, 5.41) is 3.67. The lowest BCUT2D eigenvalue weighted by atomic mass is 10.1. The van der Waals surface area contributed by atoms with Crippen LogP contribution in [0, 0.1) is 0 Å². The van der Waals surface area contributed by atoms with Gasteiger partial charge in [0.15, 0.2) is 0 Å². The number of benzene rings is 1. The van der Waals surface area contributed by atoms with Gasteiger partial charge < -0.3 is 10.2 Å². The van der Waals surface area contributed by atoms with Crippen LogP contribution in [-0.2, 0) is 6.42 Å². The van der Waals surface area contributed by atoms with Crippen LogP contribution in [-0.4, -0.2) is 30.6 Å². The Morgan fingerprint density at radius 3 is 3.00 bits per heavy atom. The zero-order valence-corrected chi connectivity index (χ0v) is 11.0. The standard InChI is InChI=1S/C14H17ClN2O/c15-13-6-4-5-12(11-13)7-8-16-14(18)17-9-2-1-3-10-17/h1-2,4-6,11H,3,7-10H2,(H,16,18). The van der Waals surface area contributed by atoms with E-state index in [4.69, 9.17) is 11.6 Å². The molecule has 0 unspecified atom stereocenters. The Labute approximate surface area is 112 Å². The number of rotatable bonds is 3. The average molecular weight is 265 g/mol. The number of urea groups is 1. The molecular formula is C14H17ClN2O. The van der Waals surface area contributed by atoms with Crippen LogP contribution in [0.15, 0.2) is 36.4 Å². The highest BCUT2D eigenvalue weighted by Gasteiger charge is 2.12. The normalized spacial score (nSPS) is 14.6. The van der Waals surface area contributed by atoms with Gasteiger partial charge in [-0.1, -0.05) is 35.9 Å². The number of carbonyl (C=O) groups is 1. The van der Waals surface area contributed by atoms with Crippen molar-refractivity contribution in [2.24, 2.45) is 0 Å². The minimum Gasteiger partial charge on any atom is -0.338 e. The minimum absolute atomic E-state index is 0.0152. The molecule has 4 heteroatoms. The molecule has 0 atom stereocenters. The summed E-state index contributed by atoms with van der Waals surface area (Å²) in [5.41, 5.74) is 1.14. The van der Waals surface area contributed by atoms with Crippen molar-refractivity contribution in [1.82, 2.24) is 10.2 Å². The molecule has 0 fully saturated rings. The minimum atomic E-state index is 0.0152. The largest absolute Gasteiger partial charge is 0.338 e. The quantitative estimate of drug-likeness (QED) is 0.837. The lowest BCUT2D eigenvalue weighted by Gasteiger charge is -2.23. The lowest BCUT2D eigenvalue weighted by Crippen LogP contribution is -2.42. The molecule has 1 heterocycles. The number of nitrogens with zero attached hydrogens (tertiary/aromatic N) is 1. The second kappa shape index (κ2) is 6.45. The third kappa shape index (κ3) is 3.77. The van der Waals surface area contributed by atoms with Crippen molar-refractivity contribution in [2.45, 2.75) is 12.8 Å². The smallest absolute Gasteiger partial charge is 0.317 e. The Balaban J connectivity index is 1.75. The number of amides is 2. The van der Waals surface area contributed by atoms with E-state index in [2.05, 4.69) is 11.4 Å². The first-order valence-electron chi connectivity index (χ1n) is 6.18. The number of nitrogens with one attached hydrogen (secondary N) is 1. The fraction of sp³-hybridized carbons (Fsp3) is 0.357. The molecule has 0 radical (unpaired) electrons. The Morgan fingerprint density at radius 1 is 1.39 bits per heavy atom. The maximum Gasteiger partial charge on any atom is 0.317 e. The third-order valence-electron chi connectivity index (χ3n) is 2.92. The number of hydrogen-bond acceptors (Lipinski definition) is 1. The molecule has 1 N–H and O–H groups in total. The van der Waals surface area contributed by atoms with Gasteiger partial charge in [-0.25, -0.2) is 4.79 Å². The van der Waals surface area contributed by atoms with Crippen molar-refractivity contribution in [1.29, 1.82) is 0 Å². The molecule has 18 heavy (non-hydrogen) atoms. The monoisotopic (exact) mass is 264 g/mol. The Hall–Kier alpha value is -1.48. The summed E-state index contributed by atoms with van der Waals surface area (Å²) in [6.45, 7) is 2.15. The van der Waals surface area contributed by atoms with Crippen LogP contribution >= 0.6 is 11.6 Å². The van der Waals surface area contributed by atoms with E-state index < -0.39 is 0 Å². The molecular weight excluding hydrogens is 248 g/mol. The van der Waals surface area contributed by atoms with Gasteiger partial charge in [0.05, 0.1) is 0 Å². The van der Waals surface area contributed by atoms with Crippen molar-refractivity contribution >= 4 is 17.6 Å². The first kappa shape index (κ1) is 13.0. The maximum absolute atomic E-state index is 11.8. The summed E-state index contributed by atoms with van der Waals surface area (Å²) in [6.07, 6.45) is 5.88. The van der Waals surface area contributed by atoms with Gasteiger partial charge in [0.25, 0.3) is 0 Å². The van der Waals surface area contributed by atoms with E-state index in [0.717, 1.165) is 30.0 Å². The van der Waals surface area contributed by atoms with E-state index in [1.807, 2.05) is 35.2 Å². The molecule has 0 saturated carbocycles. The van der Waals surface area contributed by atoms with Crippen LogP contribution in [0.5, 0.6) is 0 Å². The average Bonchev–Trinajstić information content (AvgIpc) is 2.40. The second-order valence-corrected chi connectivity index (χ2v) is 4.75. The van der Waals surface area contributed by atoms with Gasteiger partial charge in [0, 0.05) is 24.7 Å². The van der Waals surface area contributed by atoms with E-state index in [0.29, 0.717) is 13.1 Å². The molecule has 0 spiro atoms. The van der Waals surface area contributed by atoms with Crippen molar-refractivity contribution in [3.05, 3.63) is 47.0 Å². The molecule has 0 bridgehead atoms. The molecule has 1 aromatic carbocycles. The zero-order valence-electron chi connectivity index (χ0n) is 10.2. The molecule has 1 aromatic rings. The third-order valence-corrected chi connectivity index (χ3v) is 3.16. The molecule has 0 aromatic heterocycles. The first-order valence-corrected chi connectivity index (χ1v) is 6.56. The van der Waals surface area contributed by atoms with Gasteiger partial charge in [0.1, 0.15) is 0 Å².